The minimum absolute atomic E-state index is 0.00875. The molecule has 180 valence electrons. The third-order valence-electron chi connectivity index (χ3n) is 5.13. The van der Waals surface area contributed by atoms with E-state index in [4.69, 9.17) is 9.84 Å². The molecule has 0 fully saturated rings. The molecule has 2 aromatic carbocycles. The van der Waals surface area contributed by atoms with Gasteiger partial charge in [0.05, 0.1) is 23.4 Å². The zero-order valence-corrected chi connectivity index (χ0v) is 18.5. The van der Waals surface area contributed by atoms with Crippen molar-refractivity contribution in [3.63, 3.8) is 0 Å². The molecular weight excluding hydrogens is 449 g/mol. The summed E-state index contributed by atoms with van der Waals surface area (Å²) in [6.07, 6.45) is -4.19. The standard InChI is InChI=1S/C25H25F3N2O4/c1-2-30(13-15-32)24(33)21-16-18(25(26,27)28)8-11-23(21)34-20-9-6-17(7-10-20)22-5-3-4-19(29-22)12-14-31/h3-11,16,31-32H,2,12-15H2,1H3. The van der Waals surface area contributed by atoms with Gasteiger partial charge in [0.1, 0.15) is 11.5 Å². The topological polar surface area (TPSA) is 82.9 Å². The van der Waals surface area contributed by atoms with E-state index in [1.165, 1.54) is 4.90 Å². The molecule has 0 saturated heterocycles. The van der Waals surface area contributed by atoms with E-state index in [-0.39, 0.29) is 37.6 Å². The molecule has 0 aliphatic heterocycles. The lowest BCUT2D eigenvalue weighted by Crippen LogP contribution is -2.33. The van der Waals surface area contributed by atoms with Gasteiger partial charge in [0, 0.05) is 37.4 Å². The van der Waals surface area contributed by atoms with Crippen molar-refractivity contribution in [1.82, 2.24) is 9.88 Å². The first-order valence-electron chi connectivity index (χ1n) is 10.7. The summed E-state index contributed by atoms with van der Waals surface area (Å²) in [4.78, 5) is 18.7. The summed E-state index contributed by atoms with van der Waals surface area (Å²) >= 11 is 0. The number of nitrogens with zero attached hydrogens (tertiary/aromatic N) is 2. The fourth-order valence-electron chi connectivity index (χ4n) is 3.37. The number of carbonyl (C=O) groups is 1. The Bertz CT molecular complexity index is 1120. The second-order valence-corrected chi connectivity index (χ2v) is 7.43. The summed E-state index contributed by atoms with van der Waals surface area (Å²) < 4.78 is 45.6. The van der Waals surface area contributed by atoms with Crippen LogP contribution in [-0.4, -0.2) is 52.3 Å². The molecule has 3 rings (SSSR count). The Morgan fingerprint density at radius 2 is 1.76 bits per heavy atom. The molecule has 3 aromatic rings. The van der Waals surface area contributed by atoms with E-state index in [1.807, 2.05) is 18.2 Å². The predicted molar refractivity (Wildman–Crippen MR) is 121 cm³/mol. The van der Waals surface area contributed by atoms with Crippen LogP contribution in [0.25, 0.3) is 11.3 Å². The predicted octanol–water partition coefficient (Wildman–Crippen LogP) is 4.55. The minimum Gasteiger partial charge on any atom is -0.457 e. The molecule has 0 aliphatic rings. The van der Waals surface area contributed by atoms with Crippen LogP contribution in [0.1, 0.15) is 28.5 Å². The van der Waals surface area contributed by atoms with Crippen LogP contribution in [0.2, 0.25) is 0 Å². The zero-order chi connectivity index (χ0) is 24.7. The van der Waals surface area contributed by atoms with Crippen molar-refractivity contribution < 1.29 is 32.9 Å². The van der Waals surface area contributed by atoms with Gasteiger partial charge in [0.15, 0.2) is 0 Å². The smallest absolute Gasteiger partial charge is 0.416 e. The number of amides is 1. The van der Waals surface area contributed by atoms with E-state index < -0.39 is 17.6 Å². The van der Waals surface area contributed by atoms with E-state index >= 15 is 0 Å². The van der Waals surface area contributed by atoms with E-state index in [1.54, 1.807) is 31.2 Å². The van der Waals surface area contributed by atoms with Gasteiger partial charge in [0.2, 0.25) is 0 Å². The maximum atomic E-state index is 13.3. The van der Waals surface area contributed by atoms with Crippen molar-refractivity contribution in [3.05, 3.63) is 77.5 Å². The number of pyridine rings is 1. The molecule has 0 radical (unpaired) electrons. The molecule has 1 aromatic heterocycles. The second kappa shape index (κ2) is 11.1. The number of ether oxygens (including phenoxy) is 1. The Morgan fingerprint density at radius 1 is 1.03 bits per heavy atom. The molecule has 0 unspecified atom stereocenters. The van der Waals surface area contributed by atoms with Crippen LogP contribution < -0.4 is 4.74 Å². The van der Waals surface area contributed by atoms with Gasteiger partial charge in [-0.15, -0.1) is 0 Å². The molecule has 1 heterocycles. The van der Waals surface area contributed by atoms with Crippen molar-refractivity contribution in [2.75, 3.05) is 26.3 Å². The first-order valence-corrected chi connectivity index (χ1v) is 10.7. The van der Waals surface area contributed by atoms with Gasteiger partial charge in [-0.3, -0.25) is 9.78 Å². The van der Waals surface area contributed by atoms with E-state index in [9.17, 15) is 23.1 Å². The second-order valence-electron chi connectivity index (χ2n) is 7.43. The van der Waals surface area contributed by atoms with Gasteiger partial charge in [-0.25, -0.2) is 0 Å². The van der Waals surface area contributed by atoms with E-state index in [0.29, 0.717) is 17.9 Å². The Hall–Kier alpha value is -3.43. The molecular formula is C25H25F3N2O4. The maximum absolute atomic E-state index is 13.3. The van der Waals surface area contributed by atoms with Crippen molar-refractivity contribution in [2.45, 2.75) is 19.5 Å². The summed E-state index contributed by atoms with van der Waals surface area (Å²) in [5.41, 5.74) is 1.03. The highest BCUT2D eigenvalue weighted by atomic mass is 19.4. The Morgan fingerprint density at radius 3 is 2.38 bits per heavy atom. The minimum atomic E-state index is -4.62. The number of aliphatic hydroxyl groups excluding tert-OH is 2. The summed E-state index contributed by atoms with van der Waals surface area (Å²) in [5, 5.41) is 18.3. The molecule has 6 nitrogen and oxygen atoms in total. The molecule has 34 heavy (non-hydrogen) atoms. The van der Waals surface area contributed by atoms with Gasteiger partial charge in [0.25, 0.3) is 5.91 Å². The molecule has 0 bridgehead atoms. The first-order chi connectivity index (χ1) is 16.3. The number of alkyl halides is 3. The lowest BCUT2D eigenvalue weighted by Gasteiger charge is -2.22. The highest BCUT2D eigenvalue weighted by Gasteiger charge is 2.32. The monoisotopic (exact) mass is 474 g/mol. The lowest BCUT2D eigenvalue weighted by molar-refractivity contribution is -0.137. The summed E-state index contributed by atoms with van der Waals surface area (Å²) in [6.45, 7) is 1.55. The van der Waals surface area contributed by atoms with Crippen molar-refractivity contribution in [2.24, 2.45) is 0 Å². The van der Waals surface area contributed by atoms with Gasteiger partial charge < -0.3 is 19.8 Å². The Balaban J connectivity index is 1.91. The average Bonchev–Trinajstić information content (AvgIpc) is 2.82. The van der Waals surface area contributed by atoms with Crippen LogP contribution in [-0.2, 0) is 12.6 Å². The van der Waals surface area contributed by atoms with Gasteiger partial charge in [-0.1, -0.05) is 6.07 Å². The number of aliphatic hydroxyl groups is 2. The molecule has 0 atom stereocenters. The van der Waals surface area contributed by atoms with Gasteiger partial charge in [-0.05, 0) is 61.5 Å². The normalized spacial score (nSPS) is 11.4. The molecule has 0 aliphatic carbocycles. The third kappa shape index (κ3) is 6.12. The van der Waals surface area contributed by atoms with Crippen LogP contribution in [0.15, 0.2) is 60.7 Å². The van der Waals surface area contributed by atoms with Crippen molar-refractivity contribution in [1.29, 1.82) is 0 Å². The summed E-state index contributed by atoms with van der Waals surface area (Å²) in [7, 11) is 0. The number of aromatic nitrogens is 1. The lowest BCUT2D eigenvalue weighted by atomic mass is 10.1. The Labute approximate surface area is 195 Å². The number of hydrogen-bond acceptors (Lipinski definition) is 5. The summed E-state index contributed by atoms with van der Waals surface area (Å²) in [5.74, 6) is -0.362. The number of benzene rings is 2. The number of likely N-dealkylation sites (N-methyl/N-ethyl adjacent to an activating group) is 1. The number of halogens is 3. The third-order valence-corrected chi connectivity index (χ3v) is 5.13. The molecule has 2 N–H and O–H groups in total. The van der Waals surface area contributed by atoms with Crippen LogP contribution >= 0.6 is 0 Å². The number of carbonyl (C=O) groups excluding carboxylic acids is 1. The largest absolute Gasteiger partial charge is 0.457 e. The van der Waals surface area contributed by atoms with Crippen molar-refractivity contribution >= 4 is 5.91 Å². The highest BCUT2D eigenvalue weighted by molar-refractivity contribution is 5.97. The average molecular weight is 474 g/mol. The van der Waals surface area contributed by atoms with E-state index in [2.05, 4.69) is 4.98 Å². The molecule has 1 amide bonds. The molecule has 0 spiro atoms. The van der Waals surface area contributed by atoms with Crippen LogP contribution in [0.3, 0.4) is 0 Å². The zero-order valence-electron chi connectivity index (χ0n) is 18.5. The van der Waals surface area contributed by atoms with Crippen LogP contribution in [0.5, 0.6) is 11.5 Å². The van der Waals surface area contributed by atoms with Gasteiger partial charge >= 0.3 is 6.18 Å². The molecule has 9 heteroatoms. The van der Waals surface area contributed by atoms with Crippen LogP contribution in [0, 0.1) is 0 Å². The quantitative estimate of drug-likeness (QED) is 0.476. The fraction of sp³-hybridized carbons (Fsp3) is 0.280. The highest BCUT2D eigenvalue weighted by Crippen LogP contribution is 2.35. The number of hydrogen-bond donors (Lipinski definition) is 2. The SMILES string of the molecule is CCN(CCO)C(=O)c1cc(C(F)(F)F)ccc1Oc1ccc(-c2cccc(CCO)n2)cc1. The first kappa shape index (κ1) is 25.2. The molecule has 0 saturated carbocycles. The fourth-order valence-corrected chi connectivity index (χ4v) is 3.37. The number of rotatable bonds is 9. The summed E-state index contributed by atoms with van der Waals surface area (Å²) in [6, 6.07) is 15.0. The van der Waals surface area contributed by atoms with Crippen molar-refractivity contribution in [3.8, 4) is 22.8 Å². The van der Waals surface area contributed by atoms with Gasteiger partial charge in [-0.2, -0.15) is 13.2 Å². The van der Waals surface area contributed by atoms with Crippen LogP contribution in [0.4, 0.5) is 13.2 Å². The maximum Gasteiger partial charge on any atom is 0.416 e. The Kier molecular flexibility index (Phi) is 8.25. The van der Waals surface area contributed by atoms with E-state index in [0.717, 1.165) is 29.5 Å².